The van der Waals surface area contributed by atoms with Gasteiger partial charge in [-0.2, -0.15) is 0 Å². The molecule has 0 atom stereocenters. The summed E-state index contributed by atoms with van der Waals surface area (Å²) in [5, 5.41) is 17.6. The summed E-state index contributed by atoms with van der Waals surface area (Å²) in [5.74, 6) is 0.436. The summed E-state index contributed by atoms with van der Waals surface area (Å²) in [4.78, 5) is 0. The second-order valence-electron chi connectivity index (χ2n) is 2.43. The van der Waals surface area contributed by atoms with Crippen molar-refractivity contribution in [1.82, 2.24) is 0 Å². The first-order valence-electron chi connectivity index (χ1n) is 3.52. The molecule has 0 aromatic heterocycles. The van der Waals surface area contributed by atoms with Gasteiger partial charge in [-0.15, -0.1) is 0 Å². The lowest BCUT2D eigenvalue weighted by Gasteiger charge is -2.07. The molecule has 0 aromatic carbocycles. The van der Waals surface area contributed by atoms with Gasteiger partial charge in [0.15, 0.2) is 0 Å². The zero-order valence-corrected chi connectivity index (χ0v) is 5.88. The molecule has 1 aliphatic rings. The molecular formula is C8H12O2. The fraction of sp³-hybridized carbons (Fsp3) is 0.500. The van der Waals surface area contributed by atoms with Gasteiger partial charge in [-0.1, -0.05) is 6.08 Å². The Morgan fingerprint density at radius 3 is 2.90 bits per heavy atom. The summed E-state index contributed by atoms with van der Waals surface area (Å²) in [6.07, 6.45) is 6.09. The van der Waals surface area contributed by atoms with Crippen LogP contribution in [0.4, 0.5) is 0 Å². The number of hydrogen-bond donors (Lipinski definition) is 2. The van der Waals surface area contributed by atoms with Crippen LogP contribution in [0.25, 0.3) is 0 Å². The minimum Gasteiger partial charge on any atom is -0.512 e. The Hall–Kier alpha value is -0.760. The van der Waals surface area contributed by atoms with Crippen LogP contribution in [0.15, 0.2) is 23.5 Å². The topological polar surface area (TPSA) is 40.5 Å². The Morgan fingerprint density at radius 1 is 1.50 bits per heavy atom. The summed E-state index contributed by atoms with van der Waals surface area (Å²) in [5.41, 5.74) is 1.05. The second-order valence-corrected chi connectivity index (χ2v) is 2.43. The lowest BCUT2D eigenvalue weighted by atomic mass is 10.0. The average Bonchev–Trinajstić information content (AvgIpc) is 1.88. The van der Waals surface area contributed by atoms with Gasteiger partial charge in [0.1, 0.15) is 0 Å². The highest BCUT2D eigenvalue weighted by molar-refractivity contribution is 5.24. The zero-order chi connectivity index (χ0) is 7.40. The van der Waals surface area contributed by atoms with E-state index in [0.29, 0.717) is 12.2 Å². The van der Waals surface area contributed by atoms with Crippen molar-refractivity contribution in [2.24, 2.45) is 0 Å². The number of allylic oxidation sites excluding steroid dienone is 3. The van der Waals surface area contributed by atoms with Crippen molar-refractivity contribution in [2.45, 2.75) is 19.3 Å². The van der Waals surface area contributed by atoms with Crippen LogP contribution in [0.5, 0.6) is 0 Å². The molecule has 2 heteroatoms. The van der Waals surface area contributed by atoms with Gasteiger partial charge in [0.05, 0.1) is 5.76 Å². The molecule has 0 saturated carbocycles. The molecular weight excluding hydrogens is 128 g/mol. The van der Waals surface area contributed by atoms with Gasteiger partial charge in [0.25, 0.3) is 0 Å². The molecule has 1 rings (SSSR count). The predicted molar refractivity (Wildman–Crippen MR) is 39.7 cm³/mol. The molecule has 0 amide bonds. The van der Waals surface area contributed by atoms with E-state index < -0.39 is 0 Å². The normalized spacial score (nSPS) is 18.1. The van der Waals surface area contributed by atoms with E-state index in [9.17, 15) is 0 Å². The SMILES string of the molecule is OCCC1=CCCC(O)=C1. The van der Waals surface area contributed by atoms with Gasteiger partial charge in [-0.25, -0.2) is 0 Å². The van der Waals surface area contributed by atoms with E-state index >= 15 is 0 Å². The summed E-state index contributed by atoms with van der Waals surface area (Å²) in [6.45, 7) is 0.162. The molecule has 0 fully saturated rings. The second kappa shape index (κ2) is 3.42. The van der Waals surface area contributed by atoms with Crippen LogP contribution < -0.4 is 0 Å². The van der Waals surface area contributed by atoms with Gasteiger partial charge < -0.3 is 10.2 Å². The first-order chi connectivity index (χ1) is 4.83. The van der Waals surface area contributed by atoms with Crippen molar-refractivity contribution in [3.8, 4) is 0 Å². The van der Waals surface area contributed by atoms with Crippen LogP contribution in [-0.2, 0) is 0 Å². The van der Waals surface area contributed by atoms with Gasteiger partial charge in [0, 0.05) is 13.0 Å². The lowest BCUT2D eigenvalue weighted by Crippen LogP contribution is -1.93. The van der Waals surface area contributed by atoms with Gasteiger partial charge in [0.2, 0.25) is 0 Å². The third-order valence-corrected chi connectivity index (χ3v) is 1.56. The molecule has 0 aliphatic heterocycles. The Kier molecular flexibility index (Phi) is 2.51. The molecule has 0 aromatic rings. The van der Waals surface area contributed by atoms with Gasteiger partial charge in [-0.05, 0) is 24.5 Å². The van der Waals surface area contributed by atoms with E-state index in [4.69, 9.17) is 10.2 Å². The van der Waals surface area contributed by atoms with Crippen molar-refractivity contribution in [3.63, 3.8) is 0 Å². The maximum Gasteiger partial charge on any atom is 0.0928 e. The molecule has 56 valence electrons. The fourth-order valence-corrected chi connectivity index (χ4v) is 1.05. The van der Waals surface area contributed by atoms with E-state index in [-0.39, 0.29) is 6.61 Å². The smallest absolute Gasteiger partial charge is 0.0928 e. The van der Waals surface area contributed by atoms with Gasteiger partial charge in [-0.3, -0.25) is 0 Å². The Balaban J connectivity index is 2.51. The van der Waals surface area contributed by atoms with E-state index in [2.05, 4.69) is 6.08 Å². The number of aliphatic hydroxyl groups excluding tert-OH is 2. The van der Waals surface area contributed by atoms with Crippen molar-refractivity contribution < 1.29 is 10.2 Å². The third kappa shape index (κ3) is 1.88. The van der Waals surface area contributed by atoms with Crippen molar-refractivity contribution >= 4 is 0 Å². The summed E-state index contributed by atoms with van der Waals surface area (Å²) >= 11 is 0. The van der Waals surface area contributed by atoms with Gasteiger partial charge >= 0.3 is 0 Å². The van der Waals surface area contributed by atoms with Crippen LogP contribution >= 0.6 is 0 Å². The number of hydrogen-bond acceptors (Lipinski definition) is 2. The first-order valence-corrected chi connectivity index (χ1v) is 3.52. The number of aliphatic hydroxyl groups is 2. The van der Waals surface area contributed by atoms with E-state index in [1.807, 2.05) is 0 Å². The van der Waals surface area contributed by atoms with Crippen LogP contribution in [0, 0.1) is 0 Å². The largest absolute Gasteiger partial charge is 0.512 e. The monoisotopic (exact) mass is 140 g/mol. The van der Waals surface area contributed by atoms with Crippen molar-refractivity contribution in [1.29, 1.82) is 0 Å². The van der Waals surface area contributed by atoms with Crippen LogP contribution in [-0.4, -0.2) is 16.8 Å². The maximum atomic E-state index is 9.04. The van der Waals surface area contributed by atoms with Crippen molar-refractivity contribution in [2.75, 3.05) is 6.61 Å². The zero-order valence-electron chi connectivity index (χ0n) is 5.88. The molecule has 0 bridgehead atoms. The predicted octanol–water partition coefficient (Wildman–Crippen LogP) is 1.53. The average molecular weight is 140 g/mol. The Labute approximate surface area is 60.5 Å². The Morgan fingerprint density at radius 2 is 2.30 bits per heavy atom. The minimum atomic E-state index is 0.162. The van der Waals surface area contributed by atoms with E-state index in [1.165, 1.54) is 0 Å². The molecule has 2 N–H and O–H groups in total. The van der Waals surface area contributed by atoms with E-state index in [1.54, 1.807) is 6.08 Å². The highest BCUT2D eigenvalue weighted by Gasteiger charge is 2.01. The molecule has 0 radical (unpaired) electrons. The quantitative estimate of drug-likeness (QED) is 0.610. The fourth-order valence-electron chi connectivity index (χ4n) is 1.05. The third-order valence-electron chi connectivity index (χ3n) is 1.56. The standard InChI is InChI=1S/C8H12O2/c9-5-4-7-2-1-3-8(10)6-7/h2,6,9-10H,1,3-5H2. The summed E-state index contributed by atoms with van der Waals surface area (Å²) in [7, 11) is 0. The van der Waals surface area contributed by atoms with Crippen LogP contribution in [0.1, 0.15) is 19.3 Å². The molecule has 0 saturated heterocycles. The van der Waals surface area contributed by atoms with Crippen LogP contribution in [0.3, 0.4) is 0 Å². The lowest BCUT2D eigenvalue weighted by molar-refractivity contribution is 0.299. The Bertz CT molecular complexity index is 168. The minimum absolute atomic E-state index is 0.162. The molecule has 0 spiro atoms. The van der Waals surface area contributed by atoms with Crippen molar-refractivity contribution in [3.05, 3.63) is 23.5 Å². The number of rotatable bonds is 2. The van der Waals surface area contributed by atoms with E-state index in [0.717, 1.165) is 18.4 Å². The van der Waals surface area contributed by atoms with Crippen LogP contribution in [0.2, 0.25) is 0 Å². The first kappa shape index (κ1) is 7.35. The summed E-state index contributed by atoms with van der Waals surface area (Å²) < 4.78 is 0. The molecule has 1 aliphatic carbocycles. The summed E-state index contributed by atoms with van der Waals surface area (Å²) in [6, 6.07) is 0. The maximum absolute atomic E-state index is 9.04. The molecule has 10 heavy (non-hydrogen) atoms. The highest BCUT2D eigenvalue weighted by Crippen LogP contribution is 2.16. The molecule has 0 unspecified atom stereocenters. The molecule has 2 nitrogen and oxygen atoms in total. The highest BCUT2D eigenvalue weighted by atomic mass is 16.3. The molecule has 0 heterocycles.